The number of hydrogen-bond donors (Lipinski definition) is 7. The third-order valence-electron chi connectivity index (χ3n) is 11.4. The number of ether oxygens (including phenoxy) is 6. The molecule has 0 aliphatic carbocycles. The summed E-state index contributed by atoms with van der Waals surface area (Å²) in [6.45, 7) is 2.50. The van der Waals surface area contributed by atoms with Crippen molar-refractivity contribution in [2.45, 2.75) is 235 Å². The average Bonchev–Trinajstić information content (AvgIpc) is 3.26. The second-order valence-electron chi connectivity index (χ2n) is 16.9. The van der Waals surface area contributed by atoms with Gasteiger partial charge in [0.1, 0.15) is 55.4 Å². The zero-order valence-corrected chi connectivity index (χ0v) is 37.9. The van der Waals surface area contributed by atoms with Crippen LogP contribution in [-0.4, -0.2) is 142 Å². The highest BCUT2D eigenvalue weighted by Crippen LogP contribution is 2.26. The fourth-order valence-electron chi connectivity index (χ4n) is 7.42. The summed E-state index contributed by atoms with van der Waals surface area (Å²) in [4.78, 5) is 25.5. The van der Waals surface area contributed by atoms with Gasteiger partial charge in [-0.15, -0.1) is 0 Å². The Kier molecular flexibility index (Phi) is 31.9. The lowest BCUT2D eigenvalue weighted by atomic mass is 9.98. The molecular formula is C47H84O15. The van der Waals surface area contributed by atoms with Crippen LogP contribution in [-0.2, 0) is 38.0 Å². The summed E-state index contributed by atoms with van der Waals surface area (Å²) in [7, 11) is 0. The Bertz CT molecular complexity index is 1180. The van der Waals surface area contributed by atoms with Crippen LogP contribution in [0.3, 0.4) is 0 Å². The molecule has 11 atom stereocenters. The molecule has 2 rings (SSSR count). The second kappa shape index (κ2) is 35.3. The van der Waals surface area contributed by atoms with E-state index in [1.54, 1.807) is 0 Å². The van der Waals surface area contributed by atoms with E-state index in [0.29, 0.717) is 12.8 Å². The highest BCUT2D eigenvalue weighted by atomic mass is 16.7. The Labute approximate surface area is 371 Å². The monoisotopic (exact) mass is 889 g/mol. The fourth-order valence-corrected chi connectivity index (χ4v) is 7.42. The number of aliphatic hydroxyl groups excluding tert-OH is 7. The molecule has 0 aromatic heterocycles. The minimum absolute atomic E-state index is 0.164. The van der Waals surface area contributed by atoms with Gasteiger partial charge in [0.2, 0.25) is 0 Å². The topological polar surface area (TPSA) is 231 Å². The maximum atomic E-state index is 12.8. The van der Waals surface area contributed by atoms with Gasteiger partial charge in [0.15, 0.2) is 18.7 Å². The fraction of sp³-hybridized carbons (Fsp3) is 0.872. The van der Waals surface area contributed by atoms with Gasteiger partial charge in [0.05, 0.1) is 19.8 Å². The Morgan fingerprint density at radius 2 is 0.968 bits per heavy atom. The molecule has 15 nitrogen and oxygen atoms in total. The minimum Gasteiger partial charge on any atom is -0.462 e. The van der Waals surface area contributed by atoms with E-state index >= 15 is 0 Å². The SMILES string of the molecule is CCCCC/C=C/C/C=C/CCCCCCCCCCCC(=O)OC[C@@H](CO[C@@H]1O[C@H](CO[C@@H]2O[C@H](CO)[C@H](O)C(O)C2O)[C@H](O)C(O)C1O)OC(=O)CCCCCCCCC. The maximum absolute atomic E-state index is 12.8. The third-order valence-corrected chi connectivity index (χ3v) is 11.4. The smallest absolute Gasteiger partial charge is 0.306 e. The molecule has 0 aromatic carbocycles. The number of carbonyl (C=O) groups is 2. The van der Waals surface area contributed by atoms with E-state index in [-0.39, 0.29) is 26.1 Å². The van der Waals surface area contributed by atoms with Gasteiger partial charge in [0, 0.05) is 12.8 Å². The number of allylic oxidation sites excluding steroid dienone is 4. The predicted molar refractivity (Wildman–Crippen MR) is 234 cm³/mol. The molecule has 62 heavy (non-hydrogen) atoms. The third kappa shape index (κ3) is 23.8. The van der Waals surface area contributed by atoms with Gasteiger partial charge in [-0.25, -0.2) is 0 Å². The number of carbonyl (C=O) groups excluding carboxylic acids is 2. The Balaban J connectivity index is 1.76. The van der Waals surface area contributed by atoms with Crippen molar-refractivity contribution in [1.29, 1.82) is 0 Å². The second-order valence-corrected chi connectivity index (χ2v) is 16.9. The van der Waals surface area contributed by atoms with Crippen molar-refractivity contribution in [1.82, 2.24) is 0 Å². The van der Waals surface area contributed by atoms with Gasteiger partial charge < -0.3 is 64.2 Å². The first kappa shape index (κ1) is 56.1. The van der Waals surface area contributed by atoms with Gasteiger partial charge in [-0.2, -0.15) is 0 Å². The van der Waals surface area contributed by atoms with Gasteiger partial charge in [-0.1, -0.05) is 134 Å². The van der Waals surface area contributed by atoms with Crippen LogP contribution in [0.15, 0.2) is 24.3 Å². The number of rotatable bonds is 36. The molecule has 7 N–H and O–H groups in total. The molecular weight excluding hydrogens is 805 g/mol. The van der Waals surface area contributed by atoms with Gasteiger partial charge in [-0.3, -0.25) is 9.59 Å². The first-order valence-corrected chi connectivity index (χ1v) is 23.9. The van der Waals surface area contributed by atoms with E-state index in [1.165, 1.54) is 64.2 Å². The van der Waals surface area contributed by atoms with Crippen LogP contribution in [0.25, 0.3) is 0 Å². The van der Waals surface area contributed by atoms with Crippen LogP contribution in [0.2, 0.25) is 0 Å². The number of esters is 2. The van der Waals surface area contributed by atoms with Crippen LogP contribution < -0.4 is 0 Å². The maximum Gasteiger partial charge on any atom is 0.306 e. The van der Waals surface area contributed by atoms with E-state index in [2.05, 4.69) is 38.2 Å². The summed E-state index contributed by atoms with van der Waals surface area (Å²) < 4.78 is 33.4. The molecule has 0 spiro atoms. The normalized spacial score (nSPS) is 27.2. The summed E-state index contributed by atoms with van der Waals surface area (Å²) in [6.07, 6.45) is 16.8. The molecule has 0 bridgehead atoms. The Morgan fingerprint density at radius 3 is 1.53 bits per heavy atom. The van der Waals surface area contributed by atoms with Crippen molar-refractivity contribution >= 4 is 11.9 Å². The van der Waals surface area contributed by atoms with Gasteiger partial charge in [-0.05, 0) is 44.9 Å². The summed E-state index contributed by atoms with van der Waals surface area (Å²) >= 11 is 0. The molecule has 0 aromatic rings. The number of unbranched alkanes of at least 4 members (excludes halogenated alkanes) is 18. The van der Waals surface area contributed by atoms with Crippen molar-refractivity contribution in [3.8, 4) is 0 Å². The lowest BCUT2D eigenvalue weighted by molar-refractivity contribution is -0.332. The van der Waals surface area contributed by atoms with Crippen molar-refractivity contribution < 1.29 is 73.8 Å². The molecule has 2 aliphatic heterocycles. The largest absolute Gasteiger partial charge is 0.462 e. The van der Waals surface area contributed by atoms with Crippen molar-refractivity contribution in [2.75, 3.05) is 26.4 Å². The number of aliphatic hydroxyl groups is 7. The molecule has 2 saturated heterocycles. The summed E-state index contributed by atoms with van der Waals surface area (Å²) in [5.74, 6) is -0.934. The quantitative estimate of drug-likeness (QED) is 0.0231. The predicted octanol–water partition coefficient (Wildman–Crippen LogP) is 5.60. The zero-order valence-electron chi connectivity index (χ0n) is 37.9. The first-order valence-electron chi connectivity index (χ1n) is 23.9. The summed E-state index contributed by atoms with van der Waals surface area (Å²) in [6, 6.07) is 0. The Morgan fingerprint density at radius 1 is 0.516 bits per heavy atom. The van der Waals surface area contributed by atoms with E-state index in [1.807, 2.05) is 0 Å². The highest BCUT2D eigenvalue weighted by molar-refractivity contribution is 5.70. The molecule has 362 valence electrons. The molecule has 2 aliphatic rings. The van der Waals surface area contributed by atoms with E-state index in [9.17, 15) is 45.3 Å². The van der Waals surface area contributed by atoms with Crippen LogP contribution >= 0.6 is 0 Å². The van der Waals surface area contributed by atoms with Crippen molar-refractivity contribution in [3.63, 3.8) is 0 Å². The molecule has 0 saturated carbocycles. The Hall–Kier alpha value is -2.02. The highest BCUT2D eigenvalue weighted by Gasteiger charge is 2.47. The van der Waals surface area contributed by atoms with Crippen LogP contribution in [0.5, 0.6) is 0 Å². The lowest BCUT2D eigenvalue weighted by Gasteiger charge is -2.42. The number of hydrogen-bond acceptors (Lipinski definition) is 15. The summed E-state index contributed by atoms with van der Waals surface area (Å²) in [5, 5.41) is 71.8. The molecule has 0 radical (unpaired) electrons. The average molecular weight is 889 g/mol. The van der Waals surface area contributed by atoms with E-state index in [4.69, 9.17) is 28.4 Å². The minimum atomic E-state index is -1.76. The van der Waals surface area contributed by atoms with Gasteiger partial charge >= 0.3 is 11.9 Å². The lowest BCUT2D eigenvalue weighted by Crippen LogP contribution is -2.61. The van der Waals surface area contributed by atoms with E-state index < -0.39 is 92.7 Å². The molecule has 2 fully saturated rings. The first-order chi connectivity index (χ1) is 30.0. The molecule has 2 heterocycles. The molecule has 15 heteroatoms. The van der Waals surface area contributed by atoms with Gasteiger partial charge in [0.25, 0.3) is 0 Å². The van der Waals surface area contributed by atoms with E-state index in [0.717, 1.165) is 64.2 Å². The molecule has 0 amide bonds. The zero-order chi connectivity index (χ0) is 45.4. The van der Waals surface area contributed by atoms with Crippen LogP contribution in [0.4, 0.5) is 0 Å². The van der Waals surface area contributed by atoms with Crippen LogP contribution in [0, 0.1) is 0 Å². The van der Waals surface area contributed by atoms with Crippen LogP contribution in [0.1, 0.15) is 168 Å². The van der Waals surface area contributed by atoms with Crippen molar-refractivity contribution in [2.24, 2.45) is 0 Å². The molecule has 4 unspecified atom stereocenters. The standard InChI is InChI=1S/C47H84O15/c1-3-5-7-9-11-12-13-14-15-16-17-18-19-20-21-22-24-25-27-29-38(49)57-32-35(60-39(50)30-28-26-23-10-8-6-4-2)33-58-46-45(56)43(54)41(52)37(62-46)34-59-47-44(55)42(53)40(51)36(31-48)61-47/h11-12,14-15,35-37,40-48,51-56H,3-10,13,16-34H2,1-2H3/b12-11+,15-14+/t35-,36+,37+,40-,41-,42?,43?,44?,45?,46+,47+/m0/s1. The van der Waals surface area contributed by atoms with Crippen molar-refractivity contribution in [3.05, 3.63) is 24.3 Å². The summed E-state index contributed by atoms with van der Waals surface area (Å²) in [5.41, 5.74) is 0.